The lowest BCUT2D eigenvalue weighted by Crippen LogP contribution is -2.40. The number of hydrogen-bond acceptors (Lipinski definition) is 5. The SMILES string of the molecule is O=C1C=C2CC(NC(=O)c3cnn(-c4ccccc4)n3)CCC2N=N1. The average molecular weight is 336 g/mol. The Hall–Kier alpha value is -3.16. The molecule has 2 atom stereocenters. The fourth-order valence-corrected chi connectivity index (χ4v) is 3.10. The predicted molar refractivity (Wildman–Crippen MR) is 88.2 cm³/mol. The first kappa shape index (κ1) is 15.4. The van der Waals surface area contributed by atoms with E-state index < -0.39 is 0 Å². The Morgan fingerprint density at radius 3 is 2.88 bits per heavy atom. The molecule has 8 nitrogen and oxygen atoms in total. The van der Waals surface area contributed by atoms with Crippen LogP contribution in [0, 0.1) is 0 Å². The minimum absolute atomic E-state index is 0.0233. The van der Waals surface area contributed by atoms with Crippen LogP contribution in [0.4, 0.5) is 0 Å². The number of aromatic nitrogens is 3. The van der Waals surface area contributed by atoms with Crippen LogP contribution >= 0.6 is 0 Å². The molecule has 1 fully saturated rings. The van der Waals surface area contributed by atoms with Gasteiger partial charge in [-0.05, 0) is 37.0 Å². The summed E-state index contributed by atoms with van der Waals surface area (Å²) in [5.74, 6) is -0.598. The van der Waals surface area contributed by atoms with Crippen molar-refractivity contribution in [2.45, 2.75) is 31.3 Å². The van der Waals surface area contributed by atoms with Crippen molar-refractivity contribution < 1.29 is 9.59 Å². The number of hydrogen-bond donors (Lipinski definition) is 1. The van der Waals surface area contributed by atoms with Crippen molar-refractivity contribution >= 4 is 11.8 Å². The summed E-state index contributed by atoms with van der Waals surface area (Å²) in [5.41, 5.74) is 1.99. The zero-order valence-corrected chi connectivity index (χ0v) is 13.4. The molecule has 1 saturated carbocycles. The number of nitrogens with zero attached hydrogens (tertiary/aromatic N) is 5. The molecule has 0 radical (unpaired) electrons. The van der Waals surface area contributed by atoms with Gasteiger partial charge in [0.1, 0.15) is 0 Å². The lowest BCUT2D eigenvalue weighted by atomic mass is 9.86. The zero-order valence-electron chi connectivity index (χ0n) is 13.4. The van der Waals surface area contributed by atoms with Crippen molar-refractivity contribution in [1.82, 2.24) is 20.3 Å². The zero-order chi connectivity index (χ0) is 17.2. The lowest BCUT2D eigenvalue weighted by Gasteiger charge is -2.29. The number of nitrogens with one attached hydrogen (secondary N) is 1. The van der Waals surface area contributed by atoms with E-state index in [0.717, 1.165) is 24.1 Å². The van der Waals surface area contributed by atoms with Crippen molar-refractivity contribution in [3.63, 3.8) is 0 Å². The van der Waals surface area contributed by atoms with E-state index in [-0.39, 0.29) is 29.6 Å². The molecule has 1 aromatic heterocycles. The number of carbonyl (C=O) groups excluding carboxylic acids is 2. The summed E-state index contributed by atoms with van der Waals surface area (Å²) >= 11 is 0. The lowest BCUT2D eigenvalue weighted by molar-refractivity contribution is -0.114. The third-order valence-corrected chi connectivity index (χ3v) is 4.35. The van der Waals surface area contributed by atoms with Crippen LogP contribution in [0.1, 0.15) is 29.8 Å². The smallest absolute Gasteiger partial charge is 0.287 e. The Bertz CT molecular complexity index is 870. The van der Waals surface area contributed by atoms with E-state index in [1.54, 1.807) is 0 Å². The Labute approximate surface area is 143 Å². The van der Waals surface area contributed by atoms with E-state index in [1.807, 2.05) is 30.3 Å². The molecule has 2 aliphatic rings. The van der Waals surface area contributed by atoms with Gasteiger partial charge in [-0.3, -0.25) is 9.59 Å². The molecule has 2 unspecified atom stereocenters. The molecule has 1 aliphatic carbocycles. The van der Waals surface area contributed by atoms with E-state index in [2.05, 4.69) is 25.7 Å². The molecule has 4 rings (SSSR count). The van der Waals surface area contributed by atoms with Crippen LogP contribution < -0.4 is 5.32 Å². The first-order valence-electron chi connectivity index (χ1n) is 8.13. The molecule has 2 aromatic rings. The van der Waals surface area contributed by atoms with E-state index in [0.29, 0.717) is 6.42 Å². The number of amides is 2. The van der Waals surface area contributed by atoms with Crippen LogP contribution in [-0.2, 0) is 4.79 Å². The maximum atomic E-state index is 12.4. The van der Waals surface area contributed by atoms with Gasteiger partial charge in [0.15, 0.2) is 5.69 Å². The van der Waals surface area contributed by atoms with Crippen molar-refractivity contribution in [1.29, 1.82) is 0 Å². The van der Waals surface area contributed by atoms with Gasteiger partial charge in [0, 0.05) is 12.1 Å². The van der Waals surface area contributed by atoms with E-state index in [9.17, 15) is 9.59 Å². The summed E-state index contributed by atoms with van der Waals surface area (Å²) in [7, 11) is 0. The van der Waals surface area contributed by atoms with Gasteiger partial charge in [-0.1, -0.05) is 18.2 Å². The van der Waals surface area contributed by atoms with E-state index in [1.165, 1.54) is 17.1 Å². The highest BCUT2D eigenvalue weighted by Crippen LogP contribution is 2.29. The monoisotopic (exact) mass is 336 g/mol. The fourth-order valence-electron chi connectivity index (χ4n) is 3.10. The van der Waals surface area contributed by atoms with E-state index >= 15 is 0 Å². The highest BCUT2D eigenvalue weighted by molar-refractivity contribution is 5.92. The molecule has 0 saturated heterocycles. The molecule has 8 heteroatoms. The third kappa shape index (κ3) is 3.23. The Morgan fingerprint density at radius 2 is 2.04 bits per heavy atom. The summed E-state index contributed by atoms with van der Waals surface area (Å²) in [6.07, 6.45) is 5.14. The van der Waals surface area contributed by atoms with Crippen molar-refractivity contribution in [2.24, 2.45) is 10.2 Å². The number of azo groups is 1. The fraction of sp³-hybridized carbons (Fsp3) is 0.294. The molecule has 0 spiro atoms. The van der Waals surface area contributed by atoms with Crippen LogP contribution in [-0.4, -0.2) is 38.9 Å². The first-order valence-corrected chi connectivity index (χ1v) is 8.13. The quantitative estimate of drug-likeness (QED) is 0.924. The molecule has 2 amide bonds. The van der Waals surface area contributed by atoms with Crippen LogP contribution in [0.25, 0.3) is 5.69 Å². The maximum Gasteiger partial charge on any atom is 0.287 e. The Morgan fingerprint density at radius 1 is 1.20 bits per heavy atom. The van der Waals surface area contributed by atoms with Gasteiger partial charge in [-0.25, -0.2) is 0 Å². The number of para-hydroxylation sites is 1. The van der Waals surface area contributed by atoms with Crippen molar-refractivity contribution in [3.05, 3.63) is 53.9 Å². The normalized spacial score (nSPS) is 22.2. The van der Waals surface area contributed by atoms with Gasteiger partial charge < -0.3 is 5.32 Å². The van der Waals surface area contributed by atoms with Crippen molar-refractivity contribution in [3.8, 4) is 5.69 Å². The van der Waals surface area contributed by atoms with Gasteiger partial charge in [0.25, 0.3) is 11.8 Å². The van der Waals surface area contributed by atoms with Gasteiger partial charge in [-0.2, -0.15) is 15.0 Å². The second-order valence-corrected chi connectivity index (χ2v) is 6.10. The minimum Gasteiger partial charge on any atom is -0.348 e. The van der Waals surface area contributed by atoms with Crippen LogP contribution in [0.3, 0.4) is 0 Å². The second-order valence-electron chi connectivity index (χ2n) is 6.10. The summed E-state index contributed by atoms with van der Waals surface area (Å²) in [4.78, 5) is 25.2. The maximum absolute atomic E-state index is 12.4. The highest BCUT2D eigenvalue weighted by Gasteiger charge is 2.29. The van der Waals surface area contributed by atoms with E-state index in [4.69, 9.17) is 0 Å². The topological polar surface area (TPSA) is 102 Å². The number of rotatable bonds is 3. The standard InChI is InChI=1S/C17H16N6O2/c24-16-9-11-8-12(6-7-14(11)20-21-16)19-17(25)15-10-18-23(22-15)13-4-2-1-3-5-13/h1-5,9-10,12,14H,6-8H2,(H,19,25). The minimum atomic E-state index is -0.330. The summed E-state index contributed by atoms with van der Waals surface area (Å²) < 4.78 is 0. The molecule has 1 aromatic carbocycles. The first-order chi connectivity index (χ1) is 12.2. The number of benzene rings is 1. The summed E-state index contributed by atoms with van der Waals surface area (Å²) in [6.45, 7) is 0. The molecule has 2 heterocycles. The van der Waals surface area contributed by atoms with Gasteiger partial charge >= 0.3 is 0 Å². The highest BCUT2D eigenvalue weighted by atomic mass is 16.2. The summed E-state index contributed by atoms with van der Waals surface area (Å²) in [6, 6.07) is 9.33. The Kier molecular flexibility index (Phi) is 3.93. The van der Waals surface area contributed by atoms with Gasteiger partial charge in [0.05, 0.1) is 17.9 Å². The molecule has 126 valence electrons. The predicted octanol–water partition coefficient (Wildman–Crippen LogP) is 1.84. The summed E-state index contributed by atoms with van der Waals surface area (Å²) in [5, 5.41) is 18.9. The largest absolute Gasteiger partial charge is 0.348 e. The number of carbonyl (C=O) groups is 2. The Balaban J connectivity index is 1.43. The molecule has 0 bridgehead atoms. The van der Waals surface area contributed by atoms with Gasteiger partial charge in [0.2, 0.25) is 0 Å². The molecule has 25 heavy (non-hydrogen) atoms. The molecular formula is C17H16N6O2. The molecule has 1 N–H and O–H groups in total. The average Bonchev–Trinajstić information content (AvgIpc) is 3.12. The second kappa shape index (κ2) is 6.39. The van der Waals surface area contributed by atoms with Crippen LogP contribution in [0.15, 0.2) is 58.4 Å². The van der Waals surface area contributed by atoms with Gasteiger partial charge in [-0.15, -0.1) is 10.2 Å². The van der Waals surface area contributed by atoms with Crippen LogP contribution in [0.5, 0.6) is 0 Å². The molecule has 1 aliphatic heterocycles. The van der Waals surface area contributed by atoms with Crippen LogP contribution in [0.2, 0.25) is 0 Å². The number of fused-ring (bicyclic) bond motifs is 1. The third-order valence-electron chi connectivity index (χ3n) is 4.35. The molecular weight excluding hydrogens is 320 g/mol. The van der Waals surface area contributed by atoms with Crippen molar-refractivity contribution in [2.75, 3.05) is 0 Å².